The van der Waals surface area contributed by atoms with Crippen LogP contribution in [0.2, 0.25) is 5.02 Å². The third kappa shape index (κ3) is 6.42. The highest BCUT2D eigenvalue weighted by Crippen LogP contribution is 2.68. The Morgan fingerprint density at radius 1 is 1.00 bits per heavy atom. The van der Waals surface area contributed by atoms with E-state index < -0.39 is 21.2 Å². The zero-order valence-electron chi connectivity index (χ0n) is 31.7. The van der Waals surface area contributed by atoms with Crippen molar-refractivity contribution in [2.75, 3.05) is 64.0 Å². The molecule has 1 N–H and O–H groups in total. The third-order valence-corrected chi connectivity index (χ3v) is 17.1. The number of halogens is 1. The predicted molar refractivity (Wildman–Crippen MR) is 209 cm³/mol. The molecule has 2 saturated carbocycles. The van der Waals surface area contributed by atoms with Crippen LogP contribution in [0, 0.1) is 29.1 Å². The van der Waals surface area contributed by atoms with Gasteiger partial charge in [-0.3, -0.25) is 14.5 Å². The smallest absolute Gasteiger partial charge is 0.264 e. The molecule has 3 aliphatic carbocycles. The SMILES string of the molecule is C[C@@H]1[C@@H](C)CCC[C@@]2(CC2C(=O)N2CCN3CCOC[C@H]3C2)[C@@H]2CC[C@H]2CN2C[C@@]3(CCCc4cc(Cl)ccc43)COc3ccc(cc32)C(=O)NS1(=O)=O. The Hall–Kier alpha value is -2.86. The molecule has 7 aliphatic rings. The van der Waals surface area contributed by atoms with Gasteiger partial charge in [0.05, 0.1) is 36.8 Å². The molecule has 8 atom stereocenters. The van der Waals surface area contributed by atoms with Crippen molar-refractivity contribution in [3.8, 4) is 5.75 Å². The van der Waals surface area contributed by atoms with Gasteiger partial charge in [-0.25, -0.2) is 13.1 Å². The fourth-order valence-corrected chi connectivity index (χ4v) is 12.9. The van der Waals surface area contributed by atoms with Gasteiger partial charge in [0.25, 0.3) is 5.91 Å². The number of amides is 2. The van der Waals surface area contributed by atoms with Gasteiger partial charge >= 0.3 is 0 Å². The maximum absolute atomic E-state index is 14.5. The van der Waals surface area contributed by atoms with Crippen LogP contribution in [0.4, 0.5) is 5.69 Å². The first-order valence-electron chi connectivity index (χ1n) is 20.4. The molecule has 54 heavy (non-hydrogen) atoms. The van der Waals surface area contributed by atoms with E-state index in [1.165, 1.54) is 11.1 Å². The molecule has 1 unspecified atom stereocenters. The maximum atomic E-state index is 14.5. The van der Waals surface area contributed by atoms with Crippen LogP contribution < -0.4 is 14.4 Å². The van der Waals surface area contributed by atoms with E-state index in [1.54, 1.807) is 13.0 Å². The predicted octanol–water partition coefficient (Wildman–Crippen LogP) is 5.66. The van der Waals surface area contributed by atoms with E-state index in [4.69, 9.17) is 21.1 Å². The quantitative estimate of drug-likeness (QED) is 0.396. The molecular formula is C42H55ClN4O6S. The molecule has 2 aromatic carbocycles. The molecule has 4 heterocycles. The summed E-state index contributed by atoms with van der Waals surface area (Å²) < 4.78 is 42.2. The summed E-state index contributed by atoms with van der Waals surface area (Å²) in [7, 11) is -3.94. The Kier molecular flexibility index (Phi) is 9.50. The number of piperazine rings is 1. The van der Waals surface area contributed by atoms with E-state index in [1.807, 2.05) is 25.1 Å². The molecule has 4 fully saturated rings. The lowest BCUT2D eigenvalue weighted by molar-refractivity contribution is -0.140. The summed E-state index contributed by atoms with van der Waals surface area (Å²) in [5.41, 5.74) is 3.35. The van der Waals surface area contributed by atoms with Crippen molar-refractivity contribution in [3.05, 3.63) is 58.1 Å². The molecule has 10 nitrogen and oxygen atoms in total. The number of fused-ring (bicyclic) bond motifs is 6. The fourth-order valence-electron chi connectivity index (χ4n) is 11.4. The second-order valence-corrected chi connectivity index (χ2v) is 20.3. The minimum absolute atomic E-state index is 0.00339. The van der Waals surface area contributed by atoms with Gasteiger partial charge in [-0.1, -0.05) is 31.0 Å². The average molecular weight is 779 g/mol. The van der Waals surface area contributed by atoms with Crippen LogP contribution >= 0.6 is 11.6 Å². The lowest BCUT2D eigenvalue weighted by Crippen LogP contribution is -2.59. The fraction of sp³-hybridized carbons (Fsp3) is 0.667. The van der Waals surface area contributed by atoms with Gasteiger partial charge < -0.3 is 19.3 Å². The van der Waals surface area contributed by atoms with E-state index in [9.17, 15) is 18.0 Å². The number of carbonyl (C=O) groups excluding carboxylic acids is 2. The Labute approximate surface area is 325 Å². The molecule has 2 spiro atoms. The molecule has 2 saturated heterocycles. The van der Waals surface area contributed by atoms with Gasteiger partial charge in [0, 0.05) is 61.2 Å². The molecule has 12 heteroatoms. The summed E-state index contributed by atoms with van der Waals surface area (Å²) in [4.78, 5) is 35.2. The number of hydrogen-bond donors (Lipinski definition) is 1. The van der Waals surface area contributed by atoms with E-state index in [0.29, 0.717) is 42.3 Å². The number of morpholine rings is 1. The molecule has 9 rings (SSSR count). The Bertz CT molecular complexity index is 1930. The Morgan fingerprint density at radius 2 is 1.87 bits per heavy atom. The first-order chi connectivity index (χ1) is 26.0. The second-order valence-electron chi connectivity index (χ2n) is 17.8. The molecule has 2 bridgehead atoms. The van der Waals surface area contributed by atoms with E-state index in [2.05, 4.69) is 31.6 Å². The van der Waals surface area contributed by atoms with Crippen molar-refractivity contribution >= 4 is 39.1 Å². The maximum Gasteiger partial charge on any atom is 0.264 e. The Morgan fingerprint density at radius 3 is 2.70 bits per heavy atom. The number of carbonyl (C=O) groups is 2. The number of rotatable bonds is 1. The summed E-state index contributed by atoms with van der Waals surface area (Å²) >= 11 is 6.50. The average Bonchev–Trinajstić information content (AvgIpc) is 3.89. The van der Waals surface area contributed by atoms with Crippen LogP contribution in [0.1, 0.15) is 86.7 Å². The largest absolute Gasteiger partial charge is 0.490 e. The zero-order valence-corrected chi connectivity index (χ0v) is 33.3. The molecule has 292 valence electrons. The van der Waals surface area contributed by atoms with Gasteiger partial charge in [0.1, 0.15) is 5.75 Å². The zero-order chi connectivity index (χ0) is 37.4. The van der Waals surface area contributed by atoms with Gasteiger partial charge in [-0.15, -0.1) is 0 Å². The number of sulfonamides is 1. The molecular weight excluding hydrogens is 724 g/mol. The number of nitrogens with one attached hydrogen (secondary N) is 1. The van der Waals surface area contributed by atoms with Crippen molar-refractivity contribution in [3.63, 3.8) is 0 Å². The topological polar surface area (TPSA) is 108 Å². The highest BCUT2D eigenvalue weighted by molar-refractivity contribution is 7.90. The number of ether oxygens (including phenoxy) is 2. The van der Waals surface area contributed by atoms with Crippen molar-refractivity contribution in [2.24, 2.45) is 29.1 Å². The lowest BCUT2D eigenvalue weighted by Gasteiger charge is -2.48. The normalized spacial score (nSPS) is 36.5. The summed E-state index contributed by atoms with van der Waals surface area (Å²) in [5, 5.41) is 0.000781. The number of hydrogen-bond acceptors (Lipinski definition) is 8. The minimum atomic E-state index is -3.94. The van der Waals surface area contributed by atoms with Gasteiger partial charge in [-0.05, 0) is 123 Å². The van der Waals surface area contributed by atoms with E-state index in [-0.39, 0.29) is 28.7 Å². The third-order valence-electron chi connectivity index (χ3n) is 14.9. The Balaban J connectivity index is 1.07. The van der Waals surface area contributed by atoms with Crippen LogP contribution in [0.3, 0.4) is 0 Å². The minimum Gasteiger partial charge on any atom is -0.490 e. The first kappa shape index (κ1) is 36.8. The van der Waals surface area contributed by atoms with Gasteiger partial charge in [0.2, 0.25) is 15.9 Å². The number of nitrogens with zero attached hydrogens (tertiary/aromatic N) is 3. The van der Waals surface area contributed by atoms with E-state index >= 15 is 0 Å². The van der Waals surface area contributed by atoms with Crippen molar-refractivity contribution in [1.29, 1.82) is 0 Å². The van der Waals surface area contributed by atoms with Crippen LogP contribution in [-0.4, -0.2) is 100 Å². The lowest BCUT2D eigenvalue weighted by atomic mass is 9.62. The van der Waals surface area contributed by atoms with Crippen LogP contribution in [0.5, 0.6) is 5.75 Å². The monoisotopic (exact) mass is 778 g/mol. The summed E-state index contributed by atoms with van der Waals surface area (Å²) in [6, 6.07) is 11.9. The number of anilines is 1. The second kappa shape index (κ2) is 14.0. The molecule has 2 amide bonds. The van der Waals surface area contributed by atoms with Gasteiger partial charge in [0.15, 0.2) is 0 Å². The molecule has 0 radical (unpaired) electrons. The van der Waals surface area contributed by atoms with Crippen molar-refractivity contribution in [1.82, 2.24) is 14.5 Å². The summed E-state index contributed by atoms with van der Waals surface area (Å²) in [6.07, 6.45) is 8.60. The molecule has 4 aliphatic heterocycles. The van der Waals surface area contributed by atoms with Gasteiger partial charge in [-0.2, -0.15) is 0 Å². The standard InChI is InChI=1S/C42H55ClN4O6S/c1-27-5-3-14-42(21-36(42)40(49)46-16-15-45-17-18-52-24-33(45)23-46)35-10-7-31(35)22-47-25-41(13-4-6-29-19-32(43)9-11-34(29)41)26-53-38-12-8-30(20-37(38)47)39(48)44-54(50,51)28(27)2/h8-9,11-12,19-20,27-28,31,33,35-36H,3-7,10,13-18,21-26H2,1-2H3,(H,44,48)/t27-,28+,31-,33+,35+,36?,41-,42+/m0/s1. The van der Waals surface area contributed by atoms with Crippen LogP contribution in [0.15, 0.2) is 36.4 Å². The number of aryl methyl sites for hydroxylation is 1. The molecule has 0 aromatic heterocycles. The van der Waals surface area contributed by atoms with Crippen LogP contribution in [-0.2, 0) is 31.4 Å². The van der Waals surface area contributed by atoms with Crippen molar-refractivity contribution < 1.29 is 27.5 Å². The van der Waals surface area contributed by atoms with Crippen molar-refractivity contribution in [2.45, 2.75) is 88.3 Å². The summed E-state index contributed by atoms with van der Waals surface area (Å²) in [5.74, 6) is 1.06. The first-order valence-corrected chi connectivity index (χ1v) is 22.4. The highest BCUT2D eigenvalue weighted by Gasteiger charge is 2.65. The summed E-state index contributed by atoms with van der Waals surface area (Å²) in [6.45, 7) is 10.5. The van der Waals surface area contributed by atoms with Crippen LogP contribution in [0.25, 0.3) is 0 Å². The highest BCUT2D eigenvalue weighted by atomic mass is 35.5. The number of benzene rings is 2. The van der Waals surface area contributed by atoms with E-state index in [0.717, 1.165) is 114 Å². The molecule has 2 aromatic rings.